The lowest BCUT2D eigenvalue weighted by Gasteiger charge is -2.30. The topological polar surface area (TPSA) is 53.2 Å². The summed E-state index contributed by atoms with van der Waals surface area (Å²) in [6, 6.07) is 38.9. The number of rotatable bonds is 6. The number of nitrogens with one attached hydrogen (secondary N) is 1. The normalized spacial score (nSPS) is 16.9. The minimum atomic E-state index is -0.476. The van der Waals surface area contributed by atoms with Crippen molar-refractivity contribution in [2.45, 2.75) is 6.23 Å². The molecular formula is C34H29ClN4O2. The Morgan fingerprint density at radius 3 is 2.15 bits per heavy atom. The third kappa shape index (κ3) is 5.08. The van der Waals surface area contributed by atoms with E-state index in [9.17, 15) is 0 Å². The van der Waals surface area contributed by atoms with Gasteiger partial charge in [-0.15, -0.1) is 0 Å². The SMILES string of the molecule is Clc1ccc(-c2ccc(C3=NOC(c4ccccc4-c4ccccc4)N3c3ccc(N4CCNCC4)cc3)o2)cc1. The van der Waals surface area contributed by atoms with Gasteiger partial charge in [0.05, 0.1) is 0 Å². The Bertz CT molecular complexity index is 1660. The van der Waals surface area contributed by atoms with E-state index in [-0.39, 0.29) is 0 Å². The zero-order valence-corrected chi connectivity index (χ0v) is 23.2. The minimum Gasteiger partial charge on any atom is -0.453 e. The molecule has 0 bridgehead atoms. The molecule has 1 unspecified atom stereocenters. The highest BCUT2D eigenvalue weighted by Crippen LogP contribution is 2.40. The summed E-state index contributed by atoms with van der Waals surface area (Å²) >= 11 is 6.11. The molecule has 7 rings (SSSR count). The zero-order valence-electron chi connectivity index (χ0n) is 22.4. The molecule has 2 aliphatic rings. The number of piperazine rings is 1. The molecule has 0 radical (unpaired) electrons. The number of hydrogen-bond acceptors (Lipinski definition) is 6. The minimum absolute atomic E-state index is 0.476. The first-order valence-electron chi connectivity index (χ1n) is 13.8. The van der Waals surface area contributed by atoms with E-state index in [4.69, 9.17) is 20.9 Å². The molecule has 3 heterocycles. The van der Waals surface area contributed by atoms with Gasteiger partial charge in [0.2, 0.25) is 12.1 Å². The van der Waals surface area contributed by atoms with Crippen LogP contribution in [0.2, 0.25) is 5.02 Å². The van der Waals surface area contributed by atoms with E-state index in [1.165, 1.54) is 5.69 Å². The smallest absolute Gasteiger partial charge is 0.232 e. The molecule has 1 atom stereocenters. The first-order valence-corrected chi connectivity index (χ1v) is 14.2. The molecule has 41 heavy (non-hydrogen) atoms. The Hall–Kier alpha value is -4.52. The summed E-state index contributed by atoms with van der Waals surface area (Å²) in [4.78, 5) is 10.8. The molecule has 0 aliphatic carbocycles. The maximum Gasteiger partial charge on any atom is 0.232 e. The number of amidine groups is 1. The molecule has 7 heteroatoms. The van der Waals surface area contributed by atoms with Gasteiger partial charge in [0.1, 0.15) is 5.76 Å². The second-order valence-corrected chi connectivity index (χ2v) is 10.6. The Morgan fingerprint density at radius 1 is 0.683 bits per heavy atom. The van der Waals surface area contributed by atoms with Crippen molar-refractivity contribution in [2.75, 3.05) is 36.0 Å². The van der Waals surface area contributed by atoms with E-state index < -0.39 is 6.23 Å². The zero-order chi connectivity index (χ0) is 27.6. The second kappa shape index (κ2) is 11.2. The Morgan fingerprint density at radius 2 is 1.37 bits per heavy atom. The summed E-state index contributed by atoms with van der Waals surface area (Å²) in [5, 5.41) is 8.71. The first kappa shape index (κ1) is 25.4. The quantitative estimate of drug-likeness (QED) is 0.232. The van der Waals surface area contributed by atoms with Gasteiger partial charge >= 0.3 is 0 Å². The van der Waals surface area contributed by atoms with Crippen molar-refractivity contribution >= 4 is 28.8 Å². The number of furan rings is 1. The summed E-state index contributed by atoms with van der Waals surface area (Å²) in [7, 11) is 0. The summed E-state index contributed by atoms with van der Waals surface area (Å²) in [6.07, 6.45) is -0.476. The van der Waals surface area contributed by atoms with Crippen molar-refractivity contribution in [3.8, 4) is 22.5 Å². The van der Waals surface area contributed by atoms with Gasteiger partial charge in [-0.3, -0.25) is 4.90 Å². The number of halogens is 1. The molecular weight excluding hydrogens is 532 g/mol. The Labute approximate surface area is 244 Å². The third-order valence-corrected chi connectivity index (χ3v) is 7.83. The molecule has 2 aliphatic heterocycles. The largest absolute Gasteiger partial charge is 0.453 e. The van der Waals surface area contributed by atoms with Crippen LogP contribution in [0.4, 0.5) is 11.4 Å². The van der Waals surface area contributed by atoms with Gasteiger partial charge in [-0.1, -0.05) is 71.4 Å². The lowest BCUT2D eigenvalue weighted by molar-refractivity contribution is 0.0872. The van der Waals surface area contributed by atoms with Crippen molar-refractivity contribution in [2.24, 2.45) is 5.16 Å². The van der Waals surface area contributed by atoms with Crippen molar-refractivity contribution in [1.82, 2.24) is 5.32 Å². The van der Waals surface area contributed by atoms with E-state index in [1.807, 2.05) is 48.5 Å². The predicted octanol–water partition coefficient (Wildman–Crippen LogP) is 7.57. The van der Waals surface area contributed by atoms with Crippen molar-refractivity contribution in [1.29, 1.82) is 0 Å². The molecule has 0 spiro atoms. The molecule has 1 aromatic heterocycles. The second-order valence-electron chi connectivity index (χ2n) is 10.1. The van der Waals surface area contributed by atoms with Crippen LogP contribution in [-0.4, -0.2) is 32.0 Å². The molecule has 0 saturated carbocycles. The summed E-state index contributed by atoms with van der Waals surface area (Å²) in [6.45, 7) is 3.97. The predicted molar refractivity (Wildman–Crippen MR) is 165 cm³/mol. The highest BCUT2D eigenvalue weighted by Gasteiger charge is 2.37. The van der Waals surface area contributed by atoms with Crippen LogP contribution in [0.3, 0.4) is 0 Å². The number of anilines is 2. The molecule has 4 aromatic carbocycles. The van der Waals surface area contributed by atoms with E-state index in [1.54, 1.807) is 0 Å². The van der Waals surface area contributed by atoms with E-state index in [2.05, 4.69) is 87.0 Å². The fourth-order valence-electron chi connectivity index (χ4n) is 5.49. The van der Waals surface area contributed by atoms with Crippen LogP contribution in [-0.2, 0) is 4.84 Å². The van der Waals surface area contributed by atoms with Crippen LogP contribution >= 0.6 is 11.6 Å². The molecule has 0 amide bonds. The van der Waals surface area contributed by atoms with Crippen LogP contribution in [0.25, 0.3) is 22.5 Å². The van der Waals surface area contributed by atoms with Gasteiger partial charge in [-0.05, 0) is 71.8 Å². The lowest BCUT2D eigenvalue weighted by Crippen LogP contribution is -2.43. The monoisotopic (exact) mass is 560 g/mol. The summed E-state index contributed by atoms with van der Waals surface area (Å²) < 4.78 is 6.35. The van der Waals surface area contributed by atoms with E-state index in [0.717, 1.165) is 59.9 Å². The van der Waals surface area contributed by atoms with Crippen LogP contribution in [0, 0.1) is 0 Å². The molecule has 5 aromatic rings. The van der Waals surface area contributed by atoms with Crippen molar-refractivity contribution < 1.29 is 9.25 Å². The maximum atomic E-state index is 6.35. The summed E-state index contributed by atoms with van der Waals surface area (Å²) in [5.74, 6) is 1.98. The third-order valence-electron chi connectivity index (χ3n) is 7.58. The van der Waals surface area contributed by atoms with Gasteiger partial charge < -0.3 is 19.5 Å². The number of hydrogen-bond donors (Lipinski definition) is 1. The number of oxime groups is 1. The van der Waals surface area contributed by atoms with Crippen molar-refractivity contribution in [3.05, 3.63) is 132 Å². The fourth-order valence-corrected chi connectivity index (χ4v) is 5.61. The van der Waals surface area contributed by atoms with Crippen LogP contribution in [0.15, 0.2) is 125 Å². The van der Waals surface area contributed by atoms with Gasteiger partial charge in [-0.2, -0.15) is 0 Å². The van der Waals surface area contributed by atoms with Crippen molar-refractivity contribution in [3.63, 3.8) is 0 Å². The van der Waals surface area contributed by atoms with Gasteiger partial charge in [0, 0.05) is 53.7 Å². The van der Waals surface area contributed by atoms with Gasteiger partial charge in [0.25, 0.3) is 0 Å². The molecule has 204 valence electrons. The fraction of sp³-hybridized carbons (Fsp3) is 0.147. The number of nitrogens with zero attached hydrogens (tertiary/aromatic N) is 3. The standard InChI is InChI=1S/C34H29ClN4O2/c35-26-12-10-25(11-13-26)31-18-19-32(40-31)33-37-41-34(30-9-5-4-8-29(30)24-6-2-1-3-7-24)39(33)28-16-14-27(15-17-28)38-22-20-36-21-23-38/h1-19,34,36H,20-23H2. The molecule has 1 saturated heterocycles. The van der Waals surface area contributed by atoms with Gasteiger partial charge in [-0.25, -0.2) is 0 Å². The Balaban J connectivity index is 1.28. The lowest BCUT2D eigenvalue weighted by atomic mass is 9.98. The van der Waals surface area contributed by atoms with Crippen LogP contribution in [0.5, 0.6) is 0 Å². The molecule has 1 N–H and O–H groups in total. The number of benzene rings is 4. The molecule has 1 fully saturated rings. The van der Waals surface area contributed by atoms with E-state index >= 15 is 0 Å². The Kier molecular flexibility index (Phi) is 6.93. The molecule has 6 nitrogen and oxygen atoms in total. The highest BCUT2D eigenvalue weighted by atomic mass is 35.5. The van der Waals surface area contributed by atoms with Gasteiger partial charge in [0.15, 0.2) is 5.76 Å². The van der Waals surface area contributed by atoms with Crippen LogP contribution in [0.1, 0.15) is 17.6 Å². The summed E-state index contributed by atoms with van der Waals surface area (Å²) in [5.41, 5.74) is 6.36. The van der Waals surface area contributed by atoms with Crippen LogP contribution < -0.4 is 15.1 Å². The first-order chi connectivity index (χ1) is 20.2. The van der Waals surface area contributed by atoms with E-state index in [0.29, 0.717) is 16.6 Å². The highest BCUT2D eigenvalue weighted by molar-refractivity contribution is 6.30. The average molecular weight is 561 g/mol. The maximum absolute atomic E-state index is 6.35. The average Bonchev–Trinajstić information content (AvgIpc) is 3.71.